The zero-order valence-electron chi connectivity index (χ0n) is 15.8. The van der Waals surface area contributed by atoms with E-state index in [1.54, 1.807) is 0 Å². The molecule has 0 bridgehead atoms. The molecule has 1 aromatic carbocycles. The molecule has 1 atom stereocenters. The van der Waals surface area contributed by atoms with Crippen LogP contribution in [0.4, 0.5) is 23.7 Å². The third-order valence-corrected chi connectivity index (χ3v) is 4.93. The molecule has 2 heterocycles. The van der Waals surface area contributed by atoms with Crippen LogP contribution in [-0.4, -0.2) is 32.6 Å². The molecule has 3 amide bonds. The number of hydrogen-bond acceptors (Lipinski definition) is 4. The molecule has 1 aliphatic carbocycles. The summed E-state index contributed by atoms with van der Waals surface area (Å²) < 4.78 is 45.5. The Morgan fingerprint density at radius 1 is 1.43 bits per heavy atom. The highest BCUT2D eigenvalue weighted by molar-refractivity contribution is 5.95. The van der Waals surface area contributed by atoms with Crippen LogP contribution in [0.25, 0.3) is 0 Å². The summed E-state index contributed by atoms with van der Waals surface area (Å²) in [5, 5.41) is 8.45. The van der Waals surface area contributed by atoms with E-state index >= 15 is 0 Å². The third-order valence-electron chi connectivity index (χ3n) is 4.93. The van der Waals surface area contributed by atoms with Crippen molar-refractivity contribution in [2.45, 2.75) is 37.8 Å². The second kappa shape index (κ2) is 6.76. The fourth-order valence-corrected chi connectivity index (χ4v) is 3.19. The highest BCUT2D eigenvalue weighted by atomic mass is 19.3. The molecule has 1 aliphatic heterocycles. The summed E-state index contributed by atoms with van der Waals surface area (Å²) in [5.74, 6) is -0.104. The van der Waals surface area contributed by atoms with E-state index in [4.69, 9.17) is 5.73 Å². The molecule has 1 fully saturated rings. The smallest absolute Gasteiger partial charge is 0.320 e. The molecule has 1 aromatic heterocycles. The lowest BCUT2D eigenvalue weighted by atomic mass is 9.81. The molecular formula is C19H17F3N6O2. The topological polar surface area (TPSA) is 115 Å². The number of nitrogens with two attached hydrogens (primary N) is 1. The predicted molar refractivity (Wildman–Crippen MR) is 99.0 cm³/mol. The lowest BCUT2D eigenvalue weighted by molar-refractivity contribution is -0.0465. The number of carbonyl (C=O) groups excluding carboxylic acids is 2. The second-order valence-corrected chi connectivity index (χ2v) is 7.38. The summed E-state index contributed by atoms with van der Waals surface area (Å²) in [6.45, 7) is 0.475. The first kappa shape index (κ1) is 19.8. The van der Waals surface area contributed by atoms with Crippen molar-refractivity contribution in [3.05, 3.63) is 41.2 Å². The van der Waals surface area contributed by atoms with Gasteiger partial charge in [0.15, 0.2) is 5.54 Å². The van der Waals surface area contributed by atoms with Gasteiger partial charge in [-0.3, -0.25) is 4.79 Å². The first-order valence-electron chi connectivity index (χ1n) is 9.11. The van der Waals surface area contributed by atoms with E-state index < -0.39 is 29.2 Å². The van der Waals surface area contributed by atoms with Crippen molar-refractivity contribution in [3.63, 3.8) is 0 Å². The van der Waals surface area contributed by atoms with Gasteiger partial charge in [0.1, 0.15) is 12.1 Å². The van der Waals surface area contributed by atoms with Crippen molar-refractivity contribution >= 4 is 17.6 Å². The minimum atomic E-state index is -3.49. The Balaban J connectivity index is 1.78. The molecule has 4 rings (SSSR count). The Hall–Kier alpha value is -3.55. The average molecular weight is 418 g/mol. The SMILES string of the molecule is CC(F)(F)[C@@]1(C#CC2CC2)NC(=O)Nc2cc(Cn3cnc(C(N)=O)n3)c(F)cc21. The molecule has 30 heavy (non-hydrogen) atoms. The monoisotopic (exact) mass is 418 g/mol. The number of urea groups is 1. The van der Waals surface area contributed by atoms with Crippen molar-refractivity contribution in [2.24, 2.45) is 11.7 Å². The molecule has 8 nitrogen and oxygen atoms in total. The summed E-state index contributed by atoms with van der Waals surface area (Å²) in [5.41, 5.74) is 2.62. The highest BCUT2D eigenvalue weighted by Gasteiger charge is 2.55. The first-order valence-corrected chi connectivity index (χ1v) is 9.11. The standard InChI is InChI=1S/C19H17F3N6O2/c1-18(21,22)19(5-4-10-2-3-10)12-7-13(20)11(6-14(12)25-17(30)26-19)8-28-9-24-16(27-28)15(23)29/h6-7,9-10H,2-3,8H2,1H3,(H2,23,29)(H2,25,26,30)/t19-/m0/s1. The van der Waals surface area contributed by atoms with Crippen LogP contribution in [-0.2, 0) is 12.1 Å². The van der Waals surface area contributed by atoms with Crippen LogP contribution in [0, 0.1) is 23.6 Å². The van der Waals surface area contributed by atoms with Gasteiger partial charge in [-0.2, -0.15) is 0 Å². The Morgan fingerprint density at radius 3 is 2.77 bits per heavy atom. The molecule has 2 aromatic rings. The number of carbonyl (C=O) groups is 2. The lowest BCUT2D eigenvalue weighted by Gasteiger charge is -2.40. The number of rotatable bonds is 4. The molecule has 4 N–H and O–H groups in total. The number of amides is 3. The molecule has 0 unspecified atom stereocenters. The molecular weight excluding hydrogens is 401 g/mol. The fraction of sp³-hybridized carbons (Fsp3) is 0.368. The molecule has 0 radical (unpaired) electrons. The second-order valence-electron chi connectivity index (χ2n) is 7.38. The zero-order chi connectivity index (χ0) is 21.7. The van der Waals surface area contributed by atoms with Crippen molar-refractivity contribution in [1.29, 1.82) is 0 Å². The minimum Gasteiger partial charge on any atom is -0.363 e. The van der Waals surface area contributed by atoms with E-state index in [1.165, 1.54) is 17.1 Å². The van der Waals surface area contributed by atoms with E-state index in [-0.39, 0.29) is 35.1 Å². The zero-order valence-corrected chi connectivity index (χ0v) is 15.8. The number of hydrogen-bond donors (Lipinski definition) is 3. The summed E-state index contributed by atoms with van der Waals surface area (Å²) in [6, 6.07) is 1.31. The maximum atomic E-state index is 14.9. The van der Waals surface area contributed by atoms with Crippen LogP contribution < -0.4 is 16.4 Å². The van der Waals surface area contributed by atoms with Crippen molar-refractivity contribution in [2.75, 3.05) is 5.32 Å². The van der Waals surface area contributed by atoms with Crippen molar-refractivity contribution in [3.8, 4) is 11.8 Å². The quantitative estimate of drug-likeness (QED) is 0.659. The molecule has 156 valence electrons. The highest BCUT2D eigenvalue weighted by Crippen LogP contribution is 2.44. The van der Waals surface area contributed by atoms with Gasteiger partial charge in [-0.1, -0.05) is 11.8 Å². The largest absolute Gasteiger partial charge is 0.363 e. The van der Waals surface area contributed by atoms with E-state index in [9.17, 15) is 22.8 Å². The van der Waals surface area contributed by atoms with Gasteiger partial charge in [-0.05, 0) is 25.0 Å². The van der Waals surface area contributed by atoms with E-state index in [0.717, 1.165) is 18.9 Å². The van der Waals surface area contributed by atoms with Crippen LogP contribution in [0.3, 0.4) is 0 Å². The van der Waals surface area contributed by atoms with E-state index in [2.05, 4.69) is 32.6 Å². The number of nitrogens with one attached hydrogen (secondary N) is 2. The van der Waals surface area contributed by atoms with Crippen molar-refractivity contribution < 1.29 is 22.8 Å². The van der Waals surface area contributed by atoms with Crippen LogP contribution in [0.2, 0.25) is 0 Å². The Labute approximate surface area is 169 Å². The molecule has 2 aliphatic rings. The Bertz CT molecular complexity index is 1110. The van der Waals surface area contributed by atoms with Gasteiger partial charge in [-0.15, -0.1) is 5.10 Å². The van der Waals surface area contributed by atoms with Crippen LogP contribution in [0.1, 0.15) is 41.5 Å². The Morgan fingerprint density at radius 2 is 2.17 bits per heavy atom. The van der Waals surface area contributed by atoms with E-state index in [0.29, 0.717) is 6.92 Å². The summed E-state index contributed by atoms with van der Waals surface area (Å²) in [7, 11) is 0. The lowest BCUT2D eigenvalue weighted by Crippen LogP contribution is -2.59. The number of fused-ring (bicyclic) bond motifs is 1. The van der Waals surface area contributed by atoms with Gasteiger partial charge in [0, 0.05) is 29.7 Å². The molecule has 11 heteroatoms. The van der Waals surface area contributed by atoms with E-state index in [1.807, 2.05) is 0 Å². The fourth-order valence-electron chi connectivity index (χ4n) is 3.19. The first-order chi connectivity index (χ1) is 14.1. The number of alkyl halides is 2. The van der Waals surface area contributed by atoms with Crippen LogP contribution in [0.15, 0.2) is 18.5 Å². The average Bonchev–Trinajstić information content (AvgIpc) is 3.36. The van der Waals surface area contributed by atoms with Crippen molar-refractivity contribution in [1.82, 2.24) is 20.1 Å². The molecule has 1 saturated carbocycles. The number of halogens is 3. The van der Waals surface area contributed by atoms with Gasteiger partial charge in [0.2, 0.25) is 5.82 Å². The van der Waals surface area contributed by atoms with Gasteiger partial charge in [0.05, 0.1) is 6.54 Å². The maximum Gasteiger partial charge on any atom is 0.320 e. The number of anilines is 1. The normalized spacial score (nSPS) is 20.5. The Kier molecular flexibility index (Phi) is 4.45. The van der Waals surface area contributed by atoms with Gasteiger partial charge >= 0.3 is 6.03 Å². The molecule has 0 saturated heterocycles. The number of nitrogens with zero attached hydrogens (tertiary/aromatic N) is 3. The van der Waals surface area contributed by atoms with Gasteiger partial charge < -0.3 is 16.4 Å². The predicted octanol–water partition coefficient (Wildman–Crippen LogP) is 1.96. The summed E-state index contributed by atoms with van der Waals surface area (Å²) >= 11 is 0. The number of benzene rings is 1. The molecule has 0 spiro atoms. The van der Waals surface area contributed by atoms with Crippen LogP contribution >= 0.6 is 0 Å². The van der Waals surface area contributed by atoms with Gasteiger partial charge in [0.25, 0.3) is 11.8 Å². The minimum absolute atomic E-state index is 0.00431. The number of primary amides is 1. The summed E-state index contributed by atoms with van der Waals surface area (Å²) in [6.07, 6.45) is 2.79. The summed E-state index contributed by atoms with van der Waals surface area (Å²) in [4.78, 5) is 27.0. The third kappa shape index (κ3) is 3.45. The van der Waals surface area contributed by atoms with Gasteiger partial charge in [-0.25, -0.2) is 27.6 Å². The maximum absolute atomic E-state index is 14.9. The number of aromatic nitrogens is 3. The van der Waals surface area contributed by atoms with Crippen LogP contribution in [0.5, 0.6) is 0 Å².